The highest BCUT2D eigenvalue weighted by molar-refractivity contribution is 7.09. The lowest BCUT2D eigenvalue weighted by Gasteiger charge is -2.22. The number of ether oxygens (including phenoxy) is 1. The topological polar surface area (TPSA) is 41.5 Å². The summed E-state index contributed by atoms with van der Waals surface area (Å²) in [4.78, 5) is 14.7. The van der Waals surface area contributed by atoms with E-state index in [9.17, 15) is 0 Å². The highest BCUT2D eigenvalue weighted by Crippen LogP contribution is 2.18. The lowest BCUT2D eigenvalue weighted by atomic mass is 10.0. The molecule has 0 aromatic carbocycles. The van der Waals surface area contributed by atoms with Gasteiger partial charge in [0.25, 0.3) is 0 Å². The molecule has 2 aromatic heterocycles. The van der Waals surface area contributed by atoms with Crippen LogP contribution in [0, 0.1) is 5.92 Å². The number of thiophene rings is 1. The zero-order chi connectivity index (χ0) is 16.1. The van der Waals surface area contributed by atoms with Gasteiger partial charge in [0.15, 0.2) is 0 Å². The first-order valence-corrected chi connectivity index (χ1v) is 8.89. The maximum absolute atomic E-state index is 5.81. The molecule has 1 atom stereocenters. The largest absolute Gasteiger partial charge is 0.380 e. The van der Waals surface area contributed by atoms with E-state index in [1.807, 2.05) is 30.3 Å². The first-order chi connectivity index (χ1) is 11.2. The molecule has 1 aliphatic rings. The zero-order valence-electron chi connectivity index (χ0n) is 13.8. The van der Waals surface area contributed by atoms with Gasteiger partial charge >= 0.3 is 0 Å². The van der Waals surface area contributed by atoms with E-state index >= 15 is 0 Å². The number of anilines is 1. The van der Waals surface area contributed by atoms with Gasteiger partial charge in [0.1, 0.15) is 12.1 Å². The van der Waals surface area contributed by atoms with Crippen LogP contribution in [0.25, 0.3) is 0 Å². The van der Waals surface area contributed by atoms with E-state index in [-0.39, 0.29) is 0 Å². The summed E-state index contributed by atoms with van der Waals surface area (Å²) in [6.45, 7) is 4.70. The Balaban J connectivity index is 1.63. The van der Waals surface area contributed by atoms with Gasteiger partial charge in [0.2, 0.25) is 0 Å². The molecular weight excluding hydrogens is 308 g/mol. The summed E-state index contributed by atoms with van der Waals surface area (Å²) < 4.78 is 5.81. The minimum absolute atomic E-state index is 0.474. The van der Waals surface area contributed by atoms with Crippen LogP contribution in [-0.4, -0.2) is 55.3 Å². The lowest BCUT2D eigenvalue weighted by molar-refractivity contribution is 0.121. The molecule has 1 saturated heterocycles. The Morgan fingerprint density at radius 2 is 2.30 bits per heavy atom. The highest BCUT2D eigenvalue weighted by Gasteiger charge is 2.20. The van der Waals surface area contributed by atoms with E-state index in [1.165, 1.54) is 4.88 Å². The first-order valence-electron chi connectivity index (χ1n) is 8.01. The monoisotopic (exact) mass is 332 g/mol. The second-order valence-corrected chi connectivity index (χ2v) is 7.25. The zero-order valence-corrected chi connectivity index (χ0v) is 14.6. The Kier molecular flexibility index (Phi) is 5.59. The van der Waals surface area contributed by atoms with E-state index in [0.717, 1.165) is 50.8 Å². The molecule has 6 heteroatoms. The SMILES string of the molecule is CN(C)c1cc(C[C@H]2COCCN(Cc3cccs3)C2)ncn1. The van der Waals surface area contributed by atoms with E-state index in [0.29, 0.717) is 5.92 Å². The van der Waals surface area contributed by atoms with Crippen LogP contribution >= 0.6 is 11.3 Å². The normalized spacial score (nSPS) is 19.5. The van der Waals surface area contributed by atoms with Crippen molar-refractivity contribution in [3.63, 3.8) is 0 Å². The van der Waals surface area contributed by atoms with Crippen LogP contribution in [0.3, 0.4) is 0 Å². The Hall–Kier alpha value is -1.50. The van der Waals surface area contributed by atoms with Crippen LogP contribution in [0.1, 0.15) is 10.6 Å². The summed E-state index contributed by atoms with van der Waals surface area (Å²) >= 11 is 1.83. The van der Waals surface area contributed by atoms with Gasteiger partial charge < -0.3 is 9.64 Å². The molecule has 0 radical (unpaired) electrons. The minimum Gasteiger partial charge on any atom is -0.380 e. The molecule has 0 unspecified atom stereocenters. The second kappa shape index (κ2) is 7.86. The van der Waals surface area contributed by atoms with Gasteiger partial charge in [-0.1, -0.05) is 6.07 Å². The highest BCUT2D eigenvalue weighted by atomic mass is 32.1. The van der Waals surface area contributed by atoms with Crippen molar-refractivity contribution in [3.05, 3.63) is 40.5 Å². The lowest BCUT2D eigenvalue weighted by Crippen LogP contribution is -2.30. The average molecular weight is 332 g/mol. The predicted molar refractivity (Wildman–Crippen MR) is 94.0 cm³/mol. The van der Waals surface area contributed by atoms with Gasteiger partial charge in [-0.25, -0.2) is 9.97 Å². The molecule has 1 aliphatic heterocycles. The molecule has 1 fully saturated rings. The van der Waals surface area contributed by atoms with Crippen molar-refractivity contribution in [2.75, 3.05) is 45.3 Å². The Labute approximate surface area is 141 Å². The molecule has 0 N–H and O–H groups in total. The molecule has 3 rings (SSSR count). The van der Waals surface area contributed by atoms with Crippen LogP contribution in [0.4, 0.5) is 5.82 Å². The van der Waals surface area contributed by atoms with Gasteiger partial charge in [-0.2, -0.15) is 0 Å². The summed E-state index contributed by atoms with van der Waals surface area (Å²) in [5.41, 5.74) is 1.09. The van der Waals surface area contributed by atoms with Crippen LogP contribution in [0.2, 0.25) is 0 Å². The molecule has 0 spiro atoms. The first kappa shape index (κ1) is 16.4. The van der Waals surface area contributed by atoms with Crippen molar-refractivity contribution in [2.45, 2.75) is 13.0 Å². The molecule has 23 heavy (non-hydrogen) atoms. The molecule has 0 amide bonds. The van der Waals surface area contributed by atoms with Gasteiger partial charge in [0.05, 0.1) is 13.2 Å². The fraction of sp³-hybridized carbons (Fsp3) is 0.529. The van der Waals surface area contributed by atoms with Gasteiger partial charge in [-0.05, 0) is 17.9 Å². The van der Waals surface area contributed by atoms with E-state index in [1.54, 1.807) is 6.33 Å². The molecule has 2 aromatic rings. The molecule has 124 valence electrons. The fourth-order valence-electron chi connectivity index (χ4n) is 2.88. The van der Waals surface area contributed by atoms with Crippen LogP contribution in [0.15, 0.2) is 29.9 Å². The number of hydrogen-bond acceptors (Lipinski definition) is 6. The standard InChI is InChI=1S/C17H24N4OS/c1-20(2)17-9-15(18-13-19-17)8-14-10-21(5-6-22-12-14)11-16-4-3-7-23-16/h3-4,7,9,13-14H,5-6,8,10-12H2,1-2H3/t14-/m1/s1. The summed E-state index contributed by atoms with van der Waals surface area (Å²) in [7, 11) is 4.01. The summed E-state index contributed by atoms with van der Waals surface area (Å²) in [6.07, 6.45) is 2.59. The van der Waals surface area contributed by atoms with Gasteiger partial charge in [-0.3, -0.25) is 4.90 Å². The van der Waals surface area contributed by atoms with Crippen molar-refractivity contribution in [3.8, 4) is 0 Å². The molecule has 0 saturated carbocycles. The van der Waals surface area contributed by atoms with Crippen molar-refractivity contribution in [1.82, 2.24) is 14.9 Å². The van der Waals surface area contributed by atoms with E-state index in [2.05, 4.69) is 38.4 Å². The Morgan fingerprint density at radius 3 is 3.09 bits per heavy atom. The molecular formula is C17H24N4OS. The number of hydrogen-bond donors (Lipinski definition) is 0. The van der Waals surface area contributed by atoms with E-state index in [4.69, 9.17) is 4.74 Å². The van der Waals surface area contributed by atoms with Crippen molar-refractivity contribution < 1.29 is 4.74 Å². The maximum atomic E-state index is 5.81. The molecule has 5 nitrogen and oxygen atoms in total. The third-order valence-electron chi connectivity index (χ3n) is 4.05. The predicted octanol–water partition coefficient (Wildman–Crippen LogP) is 2.30. The van der Waals surface area contributed by atoms with E-state index < -0.39 is 0 Å². The third kappa shape index (κ3) is 4.73. The minimum atomic E-state index is 0.474. The maximum Gasteiger partial charge on any atom is 0.131 e. The fourth-order valence-corrected chi connectivity index (χ4v) is 3.63. The van der Waals surface area contributed by atoms with Gasteiger partial charge in [0, 0.05) is 56.3 Å². The second-order valence-electron chi connectivity index (χ2n) is 6.22. The average Bonchev–Trinajstić information content (AvgIpc) is 2.94. The quantitative estimate of drug-likeness (QED) is 0.840. The summed E-state index contributed by atoms with van der Waals surface area (Å²) in [5, 5.41) is 2.14. The van der Waals surface area contributed by atoms with Gasteiger partial charge in [-0.15, -0.1) is 11.3 Å². The summed E-state index contributed by atoms with van der Waals surface area (Å²) in [5.74, 6) is 1.43. The smallest absolute Gasteiger partial charge is 0.131 e. The number of aromatic nitrogens is 2. The van der Waals surface area contributed by atoms with Crippen molar-refractivity contribution in [1.29, 1.82) is 0 Å². The van der Waals surface area contributed by atoms with Crippen LogP contribution < -0.4 is 4.90 Å². The number of rotatable bonds is 5. The van der Waals surface area contributed by atoms with Crippen molar-refractivity contribution >= 4 is 17.2 Å². The van der Waals surface area contributed by atoms with Crippen molar-refractivity contribution in [2.24, 2.45) is 5.92 Å². The molecule has 3 heterocycles. The Bertz CT molecular complexity index is 602. The van der Waals surface area contributed by atoms with Crippen LogP contribution in [-0.2, 0) is 17.7 Å². The Morgan fingerprint density at radius 1 is 1.39 bits per heavy atom. The third-order valence-corrected chi connectivity index (χ3v) is 4.91. The molecule has 0 bridgehead atoms. The summed E-state index contributed by atoms with van der Waals surface area (Å²) in [6, 6.07) is 6.41. The number of nitrogens with zero attached hydrogens (tertiary/aromatic N) is 4. The molecule has 0 aliphatic carbocycles. The van der Waals surface area contributed by atoms with Crippen LogP contribution in [0.5, 0.6) is 0 Å².